The van der Waals surface area contributed by atoms with Crippen molar-refractivity contribution in [1.82, 2.24) is 4.90 Å². The third kappa shape index (κ3) is 5.02. The second kappa shape index (κ2) is 8.58. The van der Waals surface area contributed by atoms with Crippen LogP contribution in [0.3, 0.4) is 0 Å². The Kier molecular flexibility index (Phi) is 6.21. The van der Waals surface area contributed by atoms with Crippen LogP contribution in [0.25, 0.3) is 0 Å². The fourth-order valence-corrected chi connectivity index (χ4v) is 3.93. The van der Waals surface area contributed by atoms with E-state index >= 15 is 0 Å². The number of likely N-dealkylation sites (tertiary alicyclic amines) is 1. The van der Waals surface area contributed by atoms with Crippen LogP contribution in [0.1, 0.15) is 12.8 Å². The number of amides is 1. The molecule has 1 unspecified atom stereocenters. The molecule has 0 radical (unpaired) electrons. The van der Waals surface area contributed by atoms with Crippen molar-refractivity contribution in [2.24, 2.45) is 0 Å². The number of hydrogen-bond donors (Lipinski definition) is 1. The van der Waals surface area contributed by atoms with Crippen molar-refractivity contribution >= 4 is 39.3 Å². The van der Waals surface area contributed by atoms with Gasteiger partial charge in [0.15, 0.2) is 0 Å². The molecule has 5 heteroatoms. The molecule has 2 aromatic carbocycles. The van der Waals surface area contributed by atoms with Gasteiger partial charge in [0.05, 0.1) is 0 Å². The van der Waals surface area contributed by atoms with E-state index in [9.17, 15) is 4.79 Å². The van der Waals surface area contributed by atoms with Crippen LogP contribution >= 0.6 is 27.7 Å². The second-order valence-corrected chi connectivity index (χ2v) is 7.97. The van der Waals surface area contributed by atoms with Gasteiger partial charge in [0, 0.05) is 46.4 Å². The van der Waals surface area contributed by atoms with E-state index in [0.29, 0.717) is 12.5 Å². The molecule has 0 aromatic heterocycles. The molecule has 1 aliphatic rings. The molecule has 1 fully saturated rings. The van der Waals surface area contributed by atoms with Gasteiger partial charge < -0.3 is 10.2 Å². The fraction of sp³-hybridized carbons (Fsp3) is 0.316. The number of carbonyl (C=O) groups excluding carboxylic acids is 1. The van der Waals surface area contributed by atoms with Crippen LogP contribution in [0.4, 0.5) is 5.69 Å². The Morgan fingerprint density at radius 2 is 1.92 bits per heavy atom. The van der Waals surface area contributed by atoms with E-state index in [1.165, 1.54) is 4.90 Å². The summed E-state index contributed by atoms with van der Waals surface area (Å²) < 4.78 is 1.08. The van der Waals surface area contributed by atoms with E-state index < -0.39 is 0 Å². The van der Waals surface area contributed by atoms with Crippen molar-refractivity contribution in [1.29, 1.82) is 0 Å². The summed E-state index contributed by atoms with van der Waals surface area (Å²) in [6, 6.07) is 18.8. The molecule has 0 saturated carbocycles. The van der Waals surface area contributed by atoms with Crippen LogP contribution in [0.2, 0.25) is 0 Å². The van der Waals surface area contributed by atoms with Gasteiger partial charge in [0.1, 0.15) is 0 Å². The number of nitrogens with one attached hydrogen (secondary N) is 1. The first-order valence-corrected chi connectivity index (χ1v) is 9.96. The van der Waals surface area contributed by atoms with E-state index in [2.05, 4.69) is 45.5 Å². The molecule has 3 nitrogen and oxygen atoms in total. The maximum atomic E-state index is 12.4. The molecule has 0 spiro atoms. The van der Waals surface area contributed by atoms with Crippen molar-refractivity contribution in [3.8, 4) is 0 Å². The van der Waals surface area contributed by atoms with Crippen molar-refractivity contribution in [2.45, 2.75) is 23.8 Å². The predicted molar refractivity (Wildman–Crippen MR) is 105 cm³/mol. The molecule has 1 heterocycles. The van der Waals surface area contributed by atoms with Gasteiger partial charge in [-0.3, -0.25) is 4.79 Å². The minimum atomic E-state index is 0.261. The zero-order valence-corrected chi connectivity index (χ0v) is 15.9. The lowest BCUT2D eigenvalue weighted by atomic mass is 10.2. The lowest BCUT2D eigenvalue weighted by Crippen LogP contribution is -2.31. The van der Waals surface area contributed by atoms with E-state index in [1.807, 2.05) is 35.2 Å². The summed E-state index contributed by atoms with van der Waals surface area (Å²) in [5.41, 5.74) is 1.13. The van der Waals surface area contributed by atoms with Gasteiger partial charge in [0.2, 0.25) is 5.91 Å². The van der Waals surface area contributed by atoms with Crippen LogP contribution in [0.5, 0.6) is 0 Å². The number of para-hydroxylation sites is 1. The van der Waals surface area contributed by atoms with Crippen LogP contribution < -0.4 is 5.32 Å². The van der Waals surface area contributed by atoms with Crippen LogP contribution in [-0.4, -0.2) is 35.7 Å². The topological polar surface area (TPSA) is 32.3 Å². The third-order valence-electron chi connectivity index (χ3n) is 4.08. The summed E-state index contributed by atoms with van der Waals surface area (Å²) in [6.45, 7) is 1.66. The average molecular weight is 405 g/mol. The minimum absolute atomic E-state index is 0.261. The van der Waals surface area contributed by atoms with Gasteiger partial charge >= 0.3 is 0 Å². The Morgan fingerprint density at radius 1 is 1.17 bits per heavy atom. The van der Waals surface area contributed by atoms with Gasteiger partial charge in [-0.15, -0.1) is 11.8 Å². The van der Waals surface area contributed by atoms with E-state index in [-0.39, 0.29) is 5.91 Å². The van der Waals surface area contributed by atoms with Crippen molar-refractivity contribution in [3.05, 3.63) is 59.1 Å². The van der Waals surface area contributed by atoms with E-state index in [4.69, 9.17) is 0 Å². The molecule has 1 aliphatic heterocycles. The van der Waals surface area contributed by atoms with Gasteiger partial charge in [0.25, 0.3) is 0 Å². The number of halogens is 1. The standard InChI is InChI=1S/C19H21BrN2OS/c20-15-6-8-18(9-7-15)24-13-11-19(23)22-12-10-17(14-22)21-16-4-2-1-3-5-16/h1-9,17,21H,10-14H2. The highest BCUT2D eigenvalue weighted by Gasteiger charge is 2.25. The molecule has 126 valence electrons. The zero-order valence-electron chi connectivity index (χ0n) is 13.5. The van der Waals surface area contributed by atoms with Crippen LogP contribution in [0.15, 0.2) is 64.0 Å². The molecule has 3 rings (SSSR count). The summed E-state index contributed by atoms with van der Waals surface area (Å²) in [7, 11) is 0. The smallest absolute Gasteiger partial charge is 0.223 e. The fourth-order valence-electron chi connectivity index (χ4n) is 2.82. The molecule has 1 N–H and O–H groups in total. The second-order valence-electron chi connectivity index (χ2n) is 5.89. The quantitative estimate of drug-likeness (QED) is 0.711. The molecule has 2 aromatic rings. The van der Waals surface area contributed by atoms with E-state index in [0.717, 1.165) is 35.4 Å². The Hall–Kier alpha value is -1.46. The molecule has 0 bridgehead atoms. The Labute approximate surface area is 155 Å². The third-order valence-corrected chi connectivity index (χ3v) is 5.63. The Bertz CT molecular complexity index is 663. The van der Waals surface area contributed by atoms with Crippen LogP contribution in [-0.2, 0) is 4.79 Å². The number of thioether (sulfide) groups is 1. The molecule has 1 atom stereocenters. The first kappa shape index (κ1) is 17.4. The minimum Gasteiger partial charge on any atom is -0.380 e. The number of benzene rings is 2. The number of carbonyl (C=O) groups is 1. The highest BCUT2D eigenvalue weighted by molar-refractivity contribution is 9.10. The van der Waals surface area contributed by atoms with Gasteiger partial charge in [-0.1, -0.05) is 34.1 Å². The first-order valence-electron chi connectivity index (χ1n) is 8.18. The molecular formula is C19H21BrN2OS. The number of hydrogen-bond acceptors (Lipinski definition) is 3. The summed E-state index contributed by atoms with van der Waals surface area (Å²) in [5.74, 6) is 1.09. The number of anilines is 1. The summed E-state index contributed by atoms with van der Waals surface area (Å²) in [4.78, 5) is 15.6. The lowest BCUT2D eigenvalue weighted by Gasteiger charge is -2.17. The average Bonchev–Trinajstić information content (AvgIpc) is 3.06. The zero-order chi connectivity index (χ0) is 16.8. The SMILES string of the molecule is O=C(CCSc1ccc(Br)cc1)N1CCC(Nc2ccccc2)C1. The van der Waals surface area contributed by atoms with Crippen molar-refractivity contribution < 1.29 is 4.79 Å². The maximum Gasteiger partial charge on any atom is 0.223 e. The van der Waals surface area contributed by atoms with E-state index in [1.54, 1.807) is 11.8 Å². The van der Waals surface area contributed by atoms with Gasteiger partial charge in [-0.2, -0.15) is 0 Å². The molecular weight excluding hydrogens is 384 g/mol. The maximum absolute atomic E-state index is 12.4. The Balaban J connectivity index is 1.40. The van der Waals surface area contributed by atoms with Crippen molar-refractivity contribution in [3.63, 3.8) is 0 Å². The molecule has 24 heavy (non-hydrogen) atoms. The predicted octanol–water partition coefficient (Wildman–Crippen LogP) is 4.64. The monoisotopic (exact) mass is 404 g/mol. The number of rotatable bonds is 6. The largest absolute Gasteiger partial charge is 0.380 e. The first-order chi connectivity index (χ1) is 11.7. The van der Waals surface area contributed by atoms with Gasteiger partial charge in [-0.05, 0) is 42.8 Å². The molecule has 0 aliphatic carbocycles. The summed E-state index contributed by atoms with van der Waals surface area (Å²) >= 11 is 5.17. The van der Waals surface area contributed by atoms with Crippen molar-refractivity contribution in [2.75, 3.05) is 24.2 Å². The van der Waals surface area contributed by atoms with Crippen LogP contribution in [0, 0.1) is 0 Å². The Morgan fingerprint density at radius 3 is 2.67 bits per heavy atom. The summed E-state index contributed by atoms with van der Waals surface area (Å²) in [5, 5.41) is 3.51. The normalized spacial score (nSPS) is 17.0. The summed E-state index contributed by atoms with van der Waals surface area (Å²) in [6.07, 6.45) is 1.61. The number of nitrogens with zero attached hydrogens (tertiary/aromatic N) is 1. The highest BCUT2D eigenvalue weighted by atomic mass is 79.9. The van der Waals surface area contributed by atoms with Gasteiger partial charge in [-0.25, -0.2) is 0 Å². The molecule has 1 amide bonds. The lowest BCUT2D eigenvalue weighted by molar-refractivity contribution is -0.129. The highest BCUT2D eigenvalue weighted by Crippen LogP contribution is 2.22. The molecule has 1 saturated heterocycles.